The number of likely N-dealkylation sites (N-methyl/N-ethyl adjacent to an activating group) is 1. The van der Waals surface area contributed by atoms with Gasteiger partial charge in [0.15, 0.2) is 5.16 Å². The summed E-state index contributed by atoms with van der Waals surface area (Å²) in [6, 6.07) is 10.2. The summed E-state index contributed by atoms with van der Waals surface area (Å²) < 4.78 is 0. The van der Waals surface area contributed by atoms with Crippen molar-refractivity contribution in [3.8, 4) is 0 Å². The topological polar surface area (TPSA) is 49.3 Å². The Balaban J connectivity index is 1.56. The number of piperazine rings is 1. The van der Waals surface area contributed by atoms with Gasteiger partial charge in [-0.1, -0.05) is 42.1 Å². The standard InChI is InChI=1S/C18H22N4OS/c1-14-17(23)21(2)8-9-22(14)12-16-10-19-18(20-11-16)24-13-15-6-4-3-5-7-15/h3-7,10-11,14H,8-9,12-13H2,1-2H3. The van der Waals surface area contributed by atoms with Crippen molar-refractivity contribution < 1.29 is 4.79 Å². The third-order valence-corrected chi connectivity index (χ3v) is 5.23. The van der Waals surface area contributed by atoms with E-state index in [2.05, 4.69) is 27.0 Å². The van der Waals surface area contributed by atoms with Crippen LogP contribution < -0.4 is 0 Å². The predicted molar refractivity (Wildman–Crippen MR) is 95.5 cm³/mol. The monoisotopic (exact) mass is 342 g/mol. The fourth-order valence-electron chi connectivity index (χ4n) is 2.73. The Morgan fingerprint density at radius 2 is 1.83 bits per heavy atom. The van der Waals surface area contributed by atoms with Gasteiger partial charge in [-0.3, -0.25) is 9.69 Å². The molecular weight excluding hydrogens is 320 g/mol. The molecule has 1 fully saturated rings. The van der Waals surface area contributed by atoms with Gasteiger partial charge < -0.3 is 4.90 Å². The van der Waals surface area contributed by atoms with E-state index in [-0.39, 0.29) is 11.9 Å². The second-order valence-electron chi connectivity index (χ2n) is 6.05. The van der Waals surface area contributed by atoms with E-state index in [1.807, 2.05) is 44.6 Å². The molecule has 1 aliphatic heterocycles. The molecule has 0 saturated carbocycles. The summed E-state index contributed by atoms with van der Waals surface area (Å²) in [7, 11) is 1.86. The van der Waals surface area contributed by atoms with Gasteiger partial charge in [0, 0.05) is 50.4 Å². The van der Waals surface area contributed by atoms with Crippen molar-refractivity contribution >= 4 is 17.7 Å². The third kappa shape index (κ3) is 4.13. The first kappa shape index (κ1) is 16.9. The number of rotatable bonds is 5. The lowest BCUT2D eigenvalue weighted by Gasteiger charge is -2.37. The molecule has 2 heterocycles. The molecule has 1 amide bonds. The first-order chi connectivity index (χ1) is 11.6. The van der Waals surface area contributed by atoms with Crippen molar-refractivity contribution in [1.29, 1.82) is 0 Å². The van der Waals surface area contributed by atoms with E-state index in [4.69, 9.17) is 0 Å². The highest BCUT2D eigenvalue weighted by Crippen LogP contribution is 2.19. The first-order valence-electron chi connectivity index (χ1n) is 8.10. The summed E-state index contributed by atoms with van der Waals surface area (Å²) >= 11 is 1.63. The lowest BCUT2D eigenvalue weighted by Crippen LogP contribution is -2.53. The van der Waals surface area contributed by atoms with E-state index < -0.39 is 0 Å². The Morgan fingerprint density at radius 1 is 1.12 bits per heavy atom. The second-order valence-corrected chi connectivity index (χ2v) is 7.00. The number of aromatic nitrogens is 2. The number of carbonyl (C=O) groups is 1. The van der Waals surface area contributed by atoms with Crippen LogP contribution in [-0.4, -0.2) is 51.9 Å². The van der Waals surface area contributed by atoms with Gasteiger partial charge in [-0.25, -0.2) is 9.97 Å². The number of hydrogen-bond acceptors (Lipinski definition) is 5. The van der Waals surface area contributed by atoms with E-state index in [0.29, 0.717) is 6.54 Å². The van der Waals surface area contributed by atoms with Crippen LogP contribution in [0, 0.1) is 0 Å². The third-order valence-electron chi connectivity index (χ3n) is 4.28. The van der Waals surface area contributed by atoms with Crippen molar-refractivity contribution in [2.24, 2.45) is 0 Å². The maximum absolute atomic E-state index is 12.0. The summed E-state index contributed by atoms with van der Waals surface area (Å²) in [5, 5.41) is 0.783. The molecule has 0 aliphatic carbocycles. The van der Waals surface area contributed by atoms with Crippen molar-refractivity contribution in [2.75, 3.05) is 20.1 Å². The number of nitrogens with zero attached hydrogens (tertiary/aromatic N) is 4. The number of thioether (sulfide) groups is 1. The van der Waals surface area contributed by atoms with Crippen molar-refractivity contribution in [1.82, 2.24) is 19.8 Å². The van der Waals surface area contributed by atoms with Gasteiger partial charge in [-0.2, -0.15) is 0 Å². The Bertz CT molecular complexity index is 677. The number of benzene rings is 1. The molecule has 5 nitrogen and oxygen atoms in total. The summed E-state index contributed by atoms with van der Waals surface area (Å²) in [5.41, 5.74) is 2.31. The molecule has 1 aromatic carbocycles. The van der Waals surface area contributed by atoms with Crippen LogP contribution in [0.2, 0.25) is 0 Å². The van der Waals surface area contributed by atoms with Crippen LogP contribution in [0.3, 0.4) is 0 Å². The zero-order valence-corrected chi connectivity index (χ0v) is 14.9. The van der Waals surface area contributed by atoms with Crippen molar-refractivity contribution in [3.05, 3.63) is 53.9 Å². The molecule has 0 N–H and O–H groups in total. The molecule has 2 aromatic rings. The maximum atomic E-state index is 12.0. The summed E-state index contributed by atoms with van der Waals surface area (Å²) in [5.74, 6) is 1.04. The summed E-state index contributed by atoms with van der Waals surface area (Å²) in [6.45, 7) is 4.33. The van der Waals surface area contributed by atoms with Crippen LogP contribution in [0.25, 0.3) is 0 Å². The number of hydrogen-bond donors (Lipinski definition) is 0. The van der Waals surface area contributed by atoms with Crippen LogP contribution in [0.5, 0.6) is 0 Å². The minimum Gasteiger partial charge on any atom is -0.343 e. The molecule has 1 atom stereocenters. The number of carbonyl (C=O) groups excluding carboxylic acids is 1. The molecule has 24 heavy (non-hydrogen) atoms. The SMILES string of the molecule is CC1C(=O)N(C)CCN1Cc1cnc(SCc2ccccc2)nc1. The summed E-state index contributed by atoms with van der Waals surface area (Å²) in [4.78, 5) is 24.9. The maximum Gasteiger partial charge on any atom is 0.239 e. The Morgan fingerprint density at radius 3 is 2.54 bits per heavy atom. The van der Waals surface area contributed by atoms with Crippen LogP contribution in [0.1, 0.15) is 18.1 Å². The minimum absolute atomic E-state index is 0.0871. The molecule has 0 bridgehead atoms. The van der Waals surface area contributed by atoms with E-state index in [1.165, 1.54) is 5.56 Å². The molecule has 1 aromatic heterocycles. The highest BCUT2D eigenvalue weighted by atomic mass is 32.2. The van der Waals surface area contributed by atoms with Gasteiger partial charge in [-0.15, -0.1) is 0 Å². The van der Waals surface area contributed by atoms with Gasteiger partial charge in [0.1, 0.15) is 0 Å². The van der Waals surface area contributed by atoms with Gasteiger partial charge in [0.25, 0.3) is 0 Å². The highest BCUT2D eigenvalue weighted by molar-refractivity contribution is 7.98. The lowest BCUT2D eigenvalue weighted by atomic mass is 10.1. The van der Waals surface area contributed by atoms with Crippen LogP contribution >= 0.6 is 11.8 Å². The Kier molecular flexibility index (Phi) is 5.48. The average Bonchev–Trinajstić information content (AvgIpc) is 2.62. The molecule has 1 saturated heterocycles. The first-order valence-corrected chi connectivity index (χ1v) is 9.09. The minimum atomic E-state index is -0.0871. The Hall–Kier alpha value is -1.92. The second kappa shape index (κ2) is 7.77. The average molecular weight is 342 g/mol. The van der Waals surface area contributed by atoms with Crippen LogP contribution in [-0.2, 0) is 17.1 Å². The van der Waals surface area contributed by atoms with E-state index in [9.17, 15) is 4.79 Å². The van der Waals surface area contributed by atoms with E-state index >= 15 is 0 Å². The number of amides is 1. The molecule has 6 heteroatoms. The quantitative estimate of drug-likeness (QED) is 0.617. The summed E-state index contributed by atoms with van der Waals surface area (Å²) in [6.07, 6.45) is 3.74. The van der Waals surface area contributed by atoms with Crippen molar-refractivity contribution in [2.45, 2.75) is 30.4 Å². The van der Waals surface area contributed by atoms with Gasteiger partial charge in [0.2, 0.25) is 5.91 Å². The fraction of sp³-hybridized carbons (Fsp3) is 0.389. The Labute approximate surface area is 147 Å². The molecular formula is C18H22N4OS. The van der Waals surface area contributed by atoms with Gasteiger partial charge >= 0.3 is 0 Å². The van der Waals surface area contributed by atoms with Crippen LogP contribution in [0.15, 0.2) is 47.9 Å². The van der Waals surface area contributed by atoms with E-state index in [1.54, 1.807) is 16.7 Å². The smallest absolute Gasteiger partial charge is 0.239 e. The molecule has 0 radical (unpaired) electrons. The zero-order valence-electron chi connectivity index (χ0n) is 14.1. The molecule has 1 unspecified atom stereocenters. The van der Waals surface area contributed by atoms with Gasteiger partial charge in [0.05, 0.1) is 6.04 Å². The molecule has 126 valence electrons. The normalized spacial score (nSPS) is 18.8. The van der Waals surface area contributed by atoms with Crippen LogP contribution in [0.4, 0.5) is 0 Å². The molecule has 3 rings (SSSR count). The van der Waals surface area contributed by atoms with Gasteiger partial charge in [-0.05, 0) is 12.5 Å². The predicted octanol–water partition coefficient (Wildman–Crippen LogP) is 2.43. The lowest BCUT2D eigenvalue weighted by molar-refractivity contribution is -0.139. The largest absolute Gasteiger partial charge is 0.343 e. The molecule has 1 aliphatic rings. The zero-order chi connectivity index (χ0) is 16.9. The molecule has 0 spiro atoms. The fourth-order valence-corrected chi connectivity index (χ4v) is 3.47. The highest BCUT2D eigenvalue weighted by Gasteiger charge is 2.29. The van der Waals surface area contributed by atoms with E-state index in [0.717, 1.165) is 29.6 Å². The van der Waals surface area contributed by atoms with Crippen molar-refractivity contribution in [3.63, 3.8) is 0 Å².